The van der Waals surface area contributed by atoms with Gasteiger partial charge in [-0.05, 0) is 30.4 Å². The van der Waals surface area contributed by atoms with Gasteiger partial charge in [0.25, 0.3) is 0 Å². The molecule has 114 valence electrons. The molecular formula is C15H26IN3O. The first-order valence-electron chi connectivity index (χ1n) is 7.17. The maximum absolute atomic E-state index is 5.34. The van der Waals surface area contributed by atoms with Crippen LogP contribution in [0.2, 0.25) is 0 Å². The summed E-state index contributed by atoms with van der Waals surface area (Å²) in [5.74, 6) is 3.52. The lowest BCUT2D eigenvalue weighted by Gasteiger charge is -2.37. The van der Waals surface area contributed by atoms with Crippen molar-refractivity contribution >= 4 is 29.9 Å². The minimum atomic E-state index is 0. The highest BCUT2D eigenvalue weighted by atomic mass is 127. The van der Waals surface area contributed by atoms with Crippen molar-refractivity contribution in [1.82, 2.24) is 10.2 Å². The second-order valence-electron chi connectivity index (χ2n) is 5.65. The first-order valence-corrected chi connectivity index (χ1v) is 7.17. The predicted molar refractivity (Wildman–Crippen MR) is 93.7 cm³/mol. The third-order valence-corrected chi connectivity index (χ3v) is 3.61. The van der Waals surface area contributed by atoms with Crippen molar-refractivity contribution in [1.29, 1.82) is 0 Å². The standard InChI is InChI=1S/C15H25N3O.HI/c1-12-9-13(2)11-18(10-12)15(16-3)17-7-6-14-5-4-8-19-14;/h4-5,8,12-13H,6-7,9-11H2,1-3H3,(H,16,17);1H. The number of hydrogen-bond acceptors (Lipinski definition) is 2. The van der Waals surface area contributed by atoms with Gasteiger partial charge in [-0.2, -0.15) is 0 Å². The molecular weight excluding hydrogens is 365 g/mol. The lowest BCUT2D eigenvalue weighted by Crippen LogP contribution is -2.48. The van der Waals surface area contributed by atoms with E-state index in [0.29, 0.717) is 0 Å². The van der Waals surface area contributed by atoms with Crippen molar-refractivity contribution in [2.75, 3.05) is 26.7 Å². The first-order chi connectivity index (χ1) is 9.19. The van der Waals surface area contributed by atoms with Gasteiger partial charge in [-0.1, -0.05) is 13.8 Å². The molecule has 0 bridgehead atoms. The Morgan fingerprint density at radius 3 is 2.65 bits per heavy atom. The Morgan fingerprint density at radius 2 is 2.10 bits per heavy atom. The Morgan fingerprint density at radius 1 is 1.40 bits per heavy atom. The summed E-state index contributed by atoms with van der Waals surface area (Å²) in [6.45, 7) is 7.70. The minimum Gasteiger partial charge on any atom is -0.469 e. The van der Waals surface area contributed by atoms with E-state index >= 15 is 0 Å². The van der Waals surface area contributed by atoms with Crippen LogP contribution in [0.1, 0.15) is 26.0 Å². The Balaban J connectivity index is 0.00000200. The smallest absolute Gasteiger partial charge is 0.193 e. The largest absolute Gasteiger partial charge is 0.469 e. The molecule has 2 unspecified atom stereocenters. The number of halogens is 1. The van der Waals surface area contributed by atoms with Crippen LogP contribution < -0.4 is 5.32 Å². The highest BCUT2D eigenvalue weighted by Gasteiger charge is 2.23. The molecule has 0 aromatic carbocycles. The Bertz CT molecular complexity index is 395. The zero-order valence-corrected chi connectivity index (χ0v) is 15.0. The third-order valence-electron chi connectivity index (χ3n) is 3.61. The molecule has 1 aromatic rings. The van der Waals surface area contributed by atoms with Crippen LogP contribution in [0.15, 0.2) is 27.8 Å². The molecule has 4 nitrogen and oxygen atoms in total. The van der Waals surface area contributed by atoms with Crippen LogP contribution in [0, 0.1) is 11.8 Å². The molecule has 0 saturated carbocycles. The van der Waals surface area contributed by atoms with E-state index in [-0.39, 0.29) is 24.0 Å². The van der Waals surface area contributed by atoms with E-state index in [2.05, 4.69) is 29.1 Å². The van der Waals surface area contributed by atoms with Crippen LogP contribution >= 0.6 is 24.0 Å². The maximum Gasteiger partial charge on any atom is 0.193 e. The number of furan rings is 1. The van der Waals surface area contributed by atoms with Gasteiger partial charge in [0.05, 0.1) is 6.26 Å². The molecule has 2 rings (SSSR count). The Hall–Kier alpha value is -0.720. The summed E-state index contributed by atoms with van der Waals surface area (Å²) in [6.07, 6.45) is 3.93. The van der Waals surface area contributed by atoms with Crippen LogP contribution in [0.4, 0.5) is 0 Å². The van der Waals surface area contributed by atoms with E-state index in [9.17, 15) is 0 Å². The molecule has 20 heavy (non-hydrogen) atoms. The number of rotatable bonds is 3. The SMILES string of the molecule is CN=C(NCCc1ccco1)N1CC(C)CC(C)C1.I. The summed E-state index contributed by atoms with van der Waals surface area (Å²) in [7, 11) is 1.86. The average molecular weight is 391 g/mol. The van der Waals surface area contributed by atoms with Gasteiger partial charge in [0.2, 0.25) is 0 Å². The van der Waals surface area contributed by atoms with Gasteiger partial charge in [-0.3, -0.25) is 4.99 Å². The molecule has 0 spiro atoms. The number of likely N-dealkylation sites (tertiary alicyclic amines) is 1. The van der Waals surface area contributed by atoms with Gasteiger partial charge >= 0.3 is 0 Å². The molecule has 1 aliphatic rings. The number of aliphatic imine (C=N–C) groups is 1. The summed E-state index contributed by atoms with van der Waals surface area (Å²) >= 11 is 0. The predicted octanol–water partition coefficient (Wildman–Crippen LogP) is 2.99. The van der Waals surface area contributed by atoms with Gasteiger partial charge in [0, 0.05) is 33.1 Å². The molecule has 5 heteroatoms. The van der Waals surface area contributed by atoms with E-state index in [1.807, 2.05) is 19.2 Å². The molecule has 1 N–H and O–H groups in total. The van der Waals surface area contributed by atoms with Gasteiger partial charge in [0.1, 0.15) is 5.76 Å². The van der Waals surface area contributed by atoms with E-state index in [1.165, 1.54) is 6.42 Å². The number of guanidine groups is 1. The van der Waals surface area contributed by atoms with Crippen LogP contribution in [0.3, 0.4) is 0 Å². The number of nitrogens with zero attached hydrogens (tertiary/aromatic N) is 2. The monoisotopic (exact) mass is 391 g/mol. The fourth-order valence-corrected chi connectivity index (χ4v) is 2.92. The van der Waals surface area contributed by atoms with Crippen molar-refractivity contribution in [3.8, 4) is 0 Å². The van der Waals surface area contributed by atoms with Crippen LogP contribution in [0.5, 0.6) is 0 Å². The highest BCUT2D eigenvalue weighted by molar-refractivity contribution is 14.0. The van der Waals surface area contributed by atoms with Crippen molar-refractivity contribution in [3.05, 3.63) is 24.2 Å². The fraction of sp³-hybridized carbons (Fsp3) is 0.667. The van der Waals surface area contributed by atoms with Gasteiger partial charge < -0.3 is 14.6 Å². The van der Waals surface area contributed by atoms with Crippen LogP contribution in [0.25, 0.3) is 0 Å². The Kier molecular flexibility index (Phi) is 7.40. The van der Waals surface area contributed by atoms with E-state index in [4.69, 9.17) is 4.42 Å². The molecule has 2 atom stereocenters. The lowest BCUT2D eigenvalue weighted by molar-refractivity contribution is 0.208. The Labute approximate surface area is 139 Å². The number of nitrogens with one attached hydrogen (secondary N) is 1. The van der Waals surface area contributed by atoms with Crippen molar-refractivity contribution in [3.63, 3.8) is 0 Å². The normalized spacial score (nSPS) is 23.4. The first kappa shape index (κ1) is 17.3. The van der Waals surface area contributed by atoms with Gasteiger partial charge in [-0.15, -0.1) is 24.0 Å². The zero-order chi connectivity index (χ0) is 13.7. The summed E-state index contributed by atoms with van der Waals surface area (Å²) < 4.78 is 5.34. The molecule has 1 aromatic heterocycles. The van der Waals surface area contributed by atoms with Gasteiger partial charge in [0.15, 0.2) is 5.96 Å². The summed E-state index contributed by atoms with van der Waals surface area (Å²) in [5, 5.41) is 3.43. The summed E-state index contributed by atoms with van der Waals surface area (Å²) in [6, 6.07) is 3.94. The van der Waals surface area contributed by atoms with Crippen LogP contribution in [-0.2, 0) is 6.42 Å². The quantitative estimate of drug-likeness (QED) is 0.489. The molecule has 2 heterocycles. The highest BCUT2D eigenvalue weighted by Crippen LogP contribution is 2.20. The second-order valence-corrected chi connectivity index (χ2v) is 5.65. The maximum atomic E-state index is 5.34. The number of piperidine rings is 1. The molecule has 1 aliphatic heterocycles. The van der Waals surface area contributed by atoms with Gasteiger partial charge in [-0.25, -0.2) is 0 Å². The van der Waals surface area contributed by atoms with Crippen molar-refractivity contribution < 1.29 is 4.42 Å². The molecule has 1 saturated heterocycles. The van der Waals surface area contributed by atoms with Crippen LogP contribution in [-0.4, -0.2) is 37.5 Å². The minimum absolute atomic E-state index is 0. The number of hydrogen-bond donors (Lipinski definition) is 1. The fourth-order valence-electron chi connectivity index (χ4n) is 2.92. The van der Waals surface area contributed by atoms with E-state index < -0.39 is 0 Å². The molecule has 0 aliphatic carbocycles. The summed E-state index contributed by atoms with van der Waals surface area (Å²) in [5.41, 5.74) is 0. The summed E-state index contributed by atoms with van der Waals surface area (Å²) in [4.78, 5) is 6.78. The average Bonchev–Trinajstić information content (AvgIpc) is 2.86. The van der Waals surface area contributed by atoms with E-state index in [1.54, 1.807) is 6.26 Å². The van der Waals surface area contributed by atoms with E-state index in [0.717, 1.165) is 49.6 Å². The van der Waals surface area contributed by atoms with Crippen molar-refractivity contribution in [2.24, 2.45) is 16.8 Å². The molecule has 0 radical (unpaired) electrons. The second kappa shape index (κ2) is 8.54. The van der Waals surface area contributed by atoms with Crippen molar-refractivity contribution in [2.45, 2.75) is 26.7 Å². The lowest BCUT2D eigenvalue weighted by atomic mass is 9.92. The third kappa shape index (κ3) is 5.00. The topological polar surface area (TPSA) is 40.8 Å². The zero-order valence-electron chi connectivity index (χ0n) is 12.6. The molecule has 1 fully saturated rings. The molecule has 0 amide bonds.